The zero-order chi connectivity index (χ0) is 69.8. The lowest BCUT2D eigenvalue weighted by atomic mass is 9.61. The van der Waals surface area contributed by atoms with Crippen molar-refractivity contribution in [3.63, 3.8) is 0 Å². The molecule has 4 aromatic rings. The van der Waals surface area contributed by atoms with Crippen LogP contribution in [0.5, 0.6) is 23.0 Å². The van der Waals surface area contributed by atoms with Crippen molar-refractivity contribution in [1.82, 2.24) is 0 Å². The van der Waals surface area contributed by atoms with Crippen LogP contribution in [-0.4, -0.2) is 143 Å². The lowest BCUT2D eigenvalue weighted by Crippen LogP contribution is -2.41. The summed E-state index contributed by atoms with van der Waals surface area (Å²) < 4.78 is 83.8. The molecular formula is C64H72Cl2N2O26. The molecule has 508 valence electrons. The number of ether oxygens (including phenoxy) is 15. The minimum Gasteiger partial charge on any atom is -0.488 e. The van der Waals surface area contributed by atoms with Crippen molar-refractivity contribution in [3.8, 4) is 23.0 Å². The van der Waals surface area contributed by atoms with E-state index in [1.165, 1.54) is 90.6 Å². The van der Waals surface area contributed by atoms with Gasteiger partial charge in [-0.15, -0.1) is 0 Å². The SMILES string of the molecule is CC(=O)OC(C)OC(=O)CN(CC(=O)OC(C)OC(C)=O)c1ccc(C)cc1OCCOc1cc2c(cc1N(CC(=O)OC(C)OC(C)=O)CC(=O)OC(C)OC(C)=O)C(=O)OC21c2cc(Cl)c(OC(C)OC(C)=O)cc2C(C)(C)c2cc(OC(C)OC(C)=O)c(Cl)cc21. The van der Waals surface area contributed by atoms with Crippen LogP contribution < -0.4 is 28.7 Å². The van der Waals surface area contributed by atoms with Crippen LogP contribution in [0.2, 0.25) is 10.0 Å². The van der Waals surface area contributed by atoms with Gasteiger partial charge >= 0.3 is 65.7 Å². The van der Waals surface area contributed by atoms with E-state index in [1.807, 2.05) is 13.8 Å². The highest BCUT2D eigenvalue weighted by Gasteiger charge is 2.57. The average molecular weight is 1360 g/mol. The number of hydrogen-bond acceptors (Lipinski definition) is 28. The Bertz CT molecular complexity index is 3450. The molecule has 0 radical (unpaired) electrons. The minimum absolute atomic E-state index is 0.0432. The monoisotopic (exact) mass is 1350 g/mol. The molecule has 0 saturated carbocycles. The van der Waals surface area contributed by atoms with Gasteiger partial charge in [-0.05, 0) is 72.1 Å². The first-order chi connectivity index (χ1) is 44.0. The molecule has 2 aliphatic rings. The van der Waals surface area contributed by atoms with E-state index in [-0.39, 0.29) is 73.3 Å². The van der Waals surface area contributed by atoms with Gasteiger partial charge in [0.2, 0.25) is 37.7 Å². The molecule has 0 saturated heterocycles. The van der Waals surface area contributed by atoms with Crippen LogP contribution in [0.25, 0.3) is 0 Å². The van der Waals surface area contributed by atoms with Crippen LogP contribution in [0.15, 0.2) is 54.6 Å². The predicted molar refractivity (Wildman–Crippen MR) is 326 cm³/mol. The summed E-state index contributed by atoms with van der Waals surface area (Å²) in [5, 5.41) is -0.0879. The van der Waals surface area contributed by atoms with Crippen molar-refractivity contribution in [2.75, 3.05) is 49.2 Å². The Morgan fingerprint density at radius 1 is 0.426 bits per heavy atom. The molecule has 1 spiro atoms. The number of benzene rings is 4. The summed E-state index contributed by atoms with van der Waals surface area (Å²) in [6.07, 6.45) is -7.87. The number of fused-ring (bicyclic) bond motifs is 6. The van der Waals surface area contributed by atoms with E-state index in [1.54, 1.807) is 31.2 Å². The van der Waals surface area contributed by atoms with Gasteiger partial charge in [0.15, 0.2) is 5.60 Å². The van der Waals surface area contributed by atoms with Crippen molar-refractivity contribution in [3.05, 3.63) is 104 Å². The van der Waals surface area contributed by atoms with Gasteiger partial charge < -0.3 is 80.9 Å². The van der Waals surface area contributed by atoms with E-state index in [2.05, 4.69) is 0 Å². The maximum atomic E-state index is 15.1. The number of anilines is 2. The molecule has 1 aliphatic heterocycles. The van der Waals surface area contributed by atoms with Gasteiger partial charge in [-0.25, -0.2) is 4.79 Å². The quantitative estimate of drug-likeness (QED) is 0.0216. The van der Waals surface area contributed by atoms with Gasteiger partial charge in [-0.2, -0.15) is 0 Å². The van der Waals surface area contributed by atoms with Crippen LogP contribution in [0.4, 0.5) is 11.4 Å². The second kappa shape index (κ2) is 31.4. The zero-order valence-electron chi connectivity index (χ0n) is 54.2. The first kappa shape index (κ1) is 73.5. The summed E-state index contributed by atoms with van der Waals surface area (Å²) in [6.45, 7) is 16.4. The molecule has 6 rings (SSSR count). The van der Waals surface area contributed by atoms with Gasteiger partial charge in [0.1, 0.15) is 62.4 Å². The van der Waals surface area contributed by atoms with Crippen LogP contribution in [0.1, 0.15) is 141 Å². The molecule has 0 N–H and O–H groups in total. The van der Waals surface area contributed by atoms with Crippen molar-refractivity contribution in [2.45, 2.75) is 153 Å². The Morgan fingerprint density at radius 3 is 1.12 bits per heavy atom. The maximum absolute atomic E-state index is 15.1. The molecule has 1 aliphatic carbocycles. The summed E-state index contributed by atoms with van der Waals surface area (Å²) in [5.74, 6) is -9.52. The second-order valence-electron chi connectivity index (χ2n) is 21.9. The summed E-state index contributed by atoms with van der Waals surface area (Å²) in [4.78, 5) is 143. The fourth-order valence-corrected chi connectivity index (χ4v) is 10.8. The fraction of sp³-hybridized carbons (Fsp3) is 0.453. The van der Waals surface area contributed by atoms with Crippen LogP contribution in [0.3, 0.4) is 0 Å². The van der Waals surface area contributed by atoms with Crippen molar-refractivity contribution in [2.24, 2.45) is 0 Å². The molecule has 30 heteroatoms. The number of aryl methyl sites for hydroxylation is 1. The Balaban J connectivity index is 1.57. The largest absolute Gasteiger partial charge is 0.488 e. The molecular weight excluding hydrogens is 1280 g/mol. The normalized spacial score (nSPS) is 15.7. The summed E-state index contributed by atoms with van der Waals surface area (Å²) >= 11 is 14.2. The first-order valence-electron chi connectivity index (χ1n) is 29.1. The number of nitrogens with zero attached hydrogens (tertiary/aromatic N) is 2. The summed E-state index contributed by atoms with van der Waals surface area (Å²) in [7, 11) is 0. The third-order valence-electron chi connectivity index (χ3n) is 13.6. The molecule has 94 heavy (non-hydrogen) atoms. The van der Waals surface area contributed by atoms with E-state index in [9.17, 15) is 47.9 Å². The fourth-order valence-electron chi connectivity index (χ4n) is 10.4. The lowest BCUT2D eigenvalue weighted by molar-refractivity contribution is -0.185. The molecule has 1 heterocycles. The van der Waals surface area contributed by atoms with E-state index in [0.717, 1.165) is 32.6 Å². The van der Waals surface area contributed by atoms with Crippen LogP contribution in [-0.2, 0) is 111 Å². The van der Waals surface area contributed by atoms with E-state index >= 15 is 4.79 Å². The average Bonchev–Trinajstić information content (AvgIpc) is 1.35. The Labute approximate surface area is 550 Å². The second-order valence-corrected chi connectivity index (χ2v) is 22.7. The third kappa shape index (κ3) is 19.0. The van der Waals surface area contributed by atoms with E-state index in [4.69, 9.17) is 94.3 Å². The number of rotatable bonds is 29. The highest BCUT2D eigenvalue weighted by molar-refractivity contribution is 6.32. The number of carbonyl (C=O) groups is 11. The predicted octanol–water partition coefficient (Wildman–Crippen LogP) is 7.86. The van der Waals surface area contributed by atoms with Crippen molar-refractivity contribution < 1.29 is 124 Å². The van der Waals surface area contributed by atoms with Crippen LogP contribution in [0, 0.1) is 6.92 Å². The van der Waals surface area contributed by atoms with Crippen LogP contribution >= 0.6 is 23.2 Å². The standard InChI is InChI=1S/C64H72Cl2N2O26/c1-31-16-17-52(67(27-58(75)90-40(10)84-34(4)71)28-59(76)91-41(11)85-35(5)72)56(20-31)80-18-19-81-57-24-45-44(21-53(57)68(29-60(77)92-42(12)86-36(6)73)30-61(78)93-43(13)87-37(7)74)62(79)94-64(45)48-22-50(65)54(88-38(8)82-32(2)69)25-46(48)63(14,15)47-26-55(51(66)23-49(47)64)89-39(9)83-33(3)70/h16-17,20-26,38-43H,18-19,27-30H2,1-15H3. The lowest BCUT2D eigenvalue weighted by Gasteiger charge is -2.45. The molecule has 28 nitrogen and oxygen atoms in total. The molecule has 6 unspecified atom stereocenters. The molecule has 0 amide bonds. The smallest absolute Gasteiger partial charge is 0.340 e. The Hall–Kier alpha value is -9.57. The number of esters is 11. The van der Waals surface area contributed by atoms with Gasteiger partial charge in [-0.3, -0.25) is 47.9 Å². The minimum atomic E-state index is -2.05. The molecule has 0 aromatic heterocycles. The van der Waals surface area contributed by atoms with E-state index < -0.39 is 147 Å². The molecule has 0 bridgehead atoms. The van der Waals surface area contributed by atoms with Gasteiger partial charge in [0.25, 0.3) is 0 Å². The highest BCUT2D eigenvalue weighted by Crippen LogP contribution is 2.60. The van der Waals surface area contributed by atoms with Crippen molar-refractivity contribution >= 4 is 100 Å². The van der Waals surface area contributed by atoms with Gasteiger partial charge in [0.05, 0.1) is 27.0 Å². The third-order valence-corrected chi connectivity index (χ3v) is 14.2. The van der Waals surface area contributed by atoms with E-state index in [0.29, 0.717) is 16.7 Å². The molecule has 4 aromatic carbocycles. The van der Waals surface area contributed by atoms with Gasteiger partial charge in [0, 0.05) is 105 Å². The maximum Gasteiger partial charge on any atom is 0.340 e. The topological polar surface area (TPSA) is 333 Å². The first-order valence-corrected chi connectivity index (χ1v) is 29.8. The number of hydrogen-bond donors (Lipinski definition) is 0. The Morgan fingerprint density at radius 2 is 0.755 bits per heavy atom. The summed E-state index contributed by atoms with van der Waals surface area (Å²) in [6, 6.07) is 13.6. The van der Waals surface area contributed by atoms with Gasteiger partial charge in [-0.1, -0.05) is 43.1 Å². The Kier molecular flexibility index (Phi) is 24.5. The summed E-state index contributed by atoms with van der Waals surface area (Å²) in [5.41, 5.74) is -1.38. The highest BCUT2D eigenvalue weighted by atomic mass is 35.5. The zero-order valence-corrected chi connectivity index (χ0v) is 55.7. The molecule has 0 fully saturated rings. The number of halogens is 2. The van der Waals surface area contributed by atoms with Crippen molar-refractivity contribution in [1.29, 1.82) is 0 Å². The number of carbonyl (C=O) groups excluding carboxylic acids is 11. The molecule has 6 atom stereocenters.